The predicted molar refractivity (Wildman–Crippen MR) is 76.6 cm³/mol. The Balaban J connectivity index is 2.34. The number of hydrogen-bond donors (Lipinski definition) is 2. The third-order valence-electron chi connectivity index (χ3n) is 3.50. The van der Waals surface area contributed by atoms with Gasteiger partial charge in [-0.2, -0.15) is 5.26 Å². The van der Waals surface area contributed by atoms with Crippen LogP contribution in [0.3, 0.4) is 0 Å². The summed E-state index contributed by atoms with van der Waals surface area (Å²) in [4.78, 5) is 12.1. The Hall–Kier alpha value is -3.11. The number of hydrogen-bond acceptors (Lipinski definition) is 6. The molecular formula is C16H11FN2O4. The maximum Gasteiger partial charge on any atom is 0.228 e. The Morgan fingerprint density at radius 1 is 1.39 bits per heavy atom. The number of nitriles is 1. The highest BCUT2D eigenvalue weighted by Gasteiger charge is 2.36. The third-order valence-corrected chi connectivity index (χ3v) is 3.50. The first-order valence-corrected chi connectivity index (χ1v) is 6.66. The van der Waals surface area contributed by atoms with E-state index in [4.69, 9.17) is 14.9 Å². The van der Waals surface area contributed by atoms with Gasteiger partial charge in [0.25, 0.3) is 0 Å². The van der Waals surface area contributed by atoms with Crippen LogP contribution in [-0.4, -0.2) is 5.11 Å². The SMILES string of the molecule is N#CC1=C(N)Oc2c(oc(CO)cc2=O)C1c1ccccc1F. The Kier molecular flexibility index (Phi) is 3.60. The van der Waals surface area contributed by atoms with E-state index < -0.39 is 23.8 Å². The normalized spacial score (nSPS) is 16.5. The molecule has 0 saturated carbocycles. The molecule has 0 saturated heterocycles. The van der Waals surface area contributed by atoms with Crippen molar-refractivity contribution in [1.82, 2.24) is 0 Å². The number of ether oxygens (including phenoxy) is 1. The topological polar surface area (TPSA) is 109 Å². The van der Waals surface area contributed by atoms with Gasteiger partial charge in [0.1, 0.15) is 29.8 Å². The number of nitrogens with zero attached hydrogens (tertiary/aromatic N) is 1. The van der Waals surface area contributed by atoms with Gasteiger partial charge in [0, 0.05) is 11.6 Å². The summed E-state index contributed by atoms with van der Waals surface area (Å²) >= 11 is 0. The van der Waals surface area contributed by atoms with Gasteiger partial charge in [0.15, 0.2) is 5.76 Å². The maximum atomic E-state index is 14.2. The van der Waals surface area contributed by atoms with Gasteiger partial charge in [-0.1, -0.05) is 18.2 Å². The minimum Gasteiger partial charge on any atom is -0.458 e. The molecule has 0 fully saturated rings. The minimum absolute atomic E-state index is 0.0172. The van der Waals surface area contributed by atoms with Gasteiger partial charge in [0.2, 0.25) is 17.1 Å². The molecule has 2 heterocycles. The summed E-state index contributed by atoms with van der Waals surface area (Å²) in [5.74, 6) is -2.18. The summed E-state index contributed by atoms with van der Waals surface area (Å²) in [5, 5.41) is 18.5. The average Bonchev–Trinajstić information content (AvgIpc) is 2.55. The lowest BCUT2D eigenvalue weighted by molar-refractivity contribution is 0.231. The maximum absolute atomic E-state index is 14.2. The molecule has 0 aliphatic carbocycles. The monoisotopic (exact) mass is 314 g/mol. The van der Waals surface area contributed by atoms with Crippen molar-refractivity contribution < 1.29 is 18.7 Å². The van der Waals surface area contributed by atoms with E-state index in [1.807, 2.05) is 6.07 Å². The van der Waals surface area contributed by atoms with Gasteiger partial charge >= 0.3 is 0 Å². The van der Waals surface area contributed by atoms with Crippen LogP contribution in [0, 0.1) is 17.1 Å². The molecule has 0 radical (unpaired) electrons. The lowest BCUT2D eigenvalue weighted by atomic mass is 9.87. The number of allylic oxidation sites excluding steroid dienone is 1. The van der Waals surface area contributed by atoms with Gasteiger partial charge in [-0.05, 0) is 6.07 Å². The number of rotatable bonds is 2. The fourth-order valence-electron chi connectivity index (χ4n) is 2.48. The van der Waals surface area contributed by atoms with Gasteiger partial charge in [-0.3, -0.25) is 4.79 Å². The third kappa shape index (κ3) is 2.35. The van der Waals surface area contributed by atoms with Gasteiger partial charge in [0.05, 0.1) is 5.92 Å². The van der Waals surface area contributed by atoms with Crippen LogP contribution in [0.15, 0.2) is 51.0 Å². The Morgan fingerprint density at radius 3 is 2.78 bits per heavy atom. The summed E-state index contributed by atoms with van der Waals surface area (Å²) in [6.45, 7) is -0.520. The van der Waals surface area contributed by atoms with E-state index in [-0.39, 0.29) is 34.3 Å². The van der Waals surface area contributed by atoms with Crippen LogP contribution in [-0.2, 0) is 6.61 Å². The van der Waals surface area contributed by atoms with Gasteiger partial charge in [-0.15, -0.1) is 0 Å². The van der Waals surface area contributed by atoms with Crippen LogP contribution in [0.5, 0.6) is 5.75 Å². The van der Waals surface area contributed by atoms with Crippen LogP contribution in [0.2, 0.25) is 0 Å². The number of fused-ring (bicyclic) bond motifs is 1. The van der Waals surface area contributed by atoms with Crippen LogP contribution in [0.1, 0.15) is 23.0 Å². The largest absolute Gasteiger partial charge is 0.458 e. The number of benzene rings is 1. The molecule has 0 amide bonds. The van der Waals surface area contributed by atoms with Crippen molar-refractivity contribution in [1.29, 1.82) is 5.26 Å². The number of aliphatic hydroxyl groups excluding tert-OH is 1. The molecule has 2 aromatic rings. The molecule has 3 rings (SSSR count). The Bertz CT molecular complexity index is 911. The number of halogens is 1. The van der Waals surface area contributed by atoms with E-state index in [1.165, 1.54) is 18.2 Å². The molecule has 1 aliphatic rings. The fourth-order valence-corrected chi connectivity index (χ4v) is 2.48. The molecule has 23 heavy (non-hydrogen) atoms. The quantitative estimate of drug-likeness (QED) is 0.869. The Labute approximate surface area is 129 Å². The summed E-state index contributed by atoms with van der Waals surface area (Å²) in [6.07, 6.45) is 0. The molecule has 3 N–H and O–H groups in total. The van der Waals surface area contributed by atoms with Gasteiger partial charge < -0.3 is 20.0 Å². The zero-order chi connectivity index (χ0) is 16.6. The van der Waals surface area contributed by atoms with Crippen molar-refractivity contribution in [3.8, 4) is 11.8 Å². The zero-order valence-corrected chi connectivity index (χ0v) is 11.7. The second-order valence-corrected chi connectivity index (χ2v) is 4.87. The van der Waals surface area contributed by atoms with Gasteiger partial charge in [-0.25, -0.2) is 4.39 Å². The van der Waals surface area contributed by atoms with E-state index in [1.54, 1.807) is 6.07 Å². The highest BCUT2D eigenvalue weighted by molar-refractivity contribution is 5.52. The Morgan fingerprint density at radius 2 is 2.13 bits per heavy atom. The van der Waals surface area contributed by atoms with E-state index in [0.717, 1.165) is 6.07 Å². The molecule has 1 atom stereocenters. The van der Waals surface area contributed by atoms with Crippen LogP contribution < -0.4 is 15.9 Å². The first-order valence-electron chi connectivity index (χ1n) is 6.66. The molecule has 0 bridgehead atoms. The average molecular weight is 314 g/mol. The van der Waals surface area contributed by atoms with Crippen molar-refractivity contribution >= 4 is 0 Å². The summed E-state index contributed by atoms with van der Waals surface area (Å²) < 4.78 is 24.8. The first-order chi connectivity index (χ1) is 11.1. The molecule has 1 aromatic heterocycles. The van der Waals surface area contributed by atoms with E-state index in [2.05, 4.69) is 0 Å². The molecule has 1 unspecified atom stereocenters. The van der Waals surface area contributed by atoms with Crippen LogP contribution in [0.4, 0.5) is 4.39 Å². The summed E-state index contributed by atoms with van der Waals surface area (Å²) in [7, 11) is 0. The van der Waals surface area contributed by atoms with E-state index >= 15 is 0 Å². The highest BCUT2D eigenvalue weighted by Crippen LogP contribution is 2.41. The van der Waals surface area contributed by atoms with E-state index in [9.17, 15) is 19.6 Å². The number of nitrogens with two attached hydrogens (primary N) is 1. The fraction of sp³-hybridized carbons (Fsp3) is 0.125. The molecule has 1 aromatic carbocycles. The van der Waals surface area contributed by atoms with Crippen molar-refractivity contribution in [2.24, 2.45) is 5.73 Å². The molecule has 7 heteroatoms. The van der Waals surface area contributed by atoms with Crippen molar-refractivity contribution in [3.63, 3.8) is 0 Å². The first kappa shape index (κ1) is 14.8. The van der Waals surface area contributed by atoms with Crippen molar-refractivity contribution in [3.05, 3.63) is 74.9 Å². The summed E-state index contributed by atoms with van der Waals surface area (Å²) in [6, 6.07) is 8.70. The van der Waals surface area contributed by atoms with Crippen LogP contribution in [0.25, 0.3) is 0 Å². The molecule has 116 valence electrons. The highest BCUT2D eigenvalue weighted by atomic mass is 19.1. The lowest BCUT2D eigenvalue weighted by Gasteiger charge is -2.24. The molecule has 6 nitrogen and oxygen atoms in total. The molecule has 1 aliphatic heterocycles. The predicted octanol–water partition coefficient (Wildman–Crippen LogP) is 1.49. The van der Waals surface area contributed by atoms with Crippen LogP contribution >= 0.6 is 0 Å². The van der Waals surface area contributed by atoms with E-state index in [0.29, 0.717) is 0 Å². The van der Waals surface area contributed by atoms with Crippen molar-refractivity contribution in [2.45, 2.75) is 12.5 Å². The standard InChI is InChI=1S/C16H11FN2O4/c17-11-4-2-1-3-9(11)13-10(6-18)16(19)23-14-12(21)5-8(7-20)22-15(13)14/h1-5,13,20H,7,19H2. The summed E-state index contributed by atoms with van der Waals surface area (Å²) in [5.41, 5.74) is 5.18. The minimum atomic E-state index is -1.02. The second kappa shape index (κ2) is 5.59. The zero-order valence-electron chi connectivity index (χ0n) is 11.7. The van der Waals surface area contributed by atoms with Crippen molar-refractivity contribution in [2.75, 3.05) is 0 Å². The molecular weight excluding hydrogens is 303 g/mol. The second-order valence-electron chi connectivity index (χ2n) is 4.87. The smallest absolute Gasteiger partial charge is 0.228 e. The molecule has 0 spiro atoms. The lowest BCUT2D eigenvalue weighted by Crippen LogP contribution is -2.25. The number of aliphatic hydroxyl groups is 1.